The number of benzene rings is 3. The van der Waals surface area contributed by atoms with Gasteiger partial charge in [-0.15, -0.1) is 0 Å². The average Bonchev–Trinajstić information content (AvgIpc) is 2.90. The van der Waals surface area contributed by atoms with Gasteiger partial charge in [0.15, 0.2) is 6.61 Å². The Labute approximate surface area is 228 Å². The first-order valence-corrected chi connectivity index (χ1v) is 13.6. The molecule has 0 heterocycles. The summed E-state index contributed by atoms with van der Waals surface area (Å²) in [6.07, 6.45) is 2.30. The van der Waals surface area contributed by atoms with E-state index in [2.05, 4.69) is 33.0 Å². The van der Waals surface area contributed by atoms with Crippen LogP contribution < -0.4 is 10.1 Å². The van der Waals surface area contributed by atoms with Crippen molar-refractivity contribution >= 4 is 11.8 Å². The Morgan fingerprint density at radius 2 is 1.55 bits per heavy atom. The third kappa shape index (κ3) is 8.76. The molecule has 1 atom stereocenters. The van der Waals surface area contributed by atoms with Crippen LogP contribution in [-0.4, -0.2) is 35.9 Å². The predicted molar refractivity (Wildman–Crippen MR) is 154 cm³/mol. The second-order valence-corrected chi connectivity index (χ2v) is 10.9. The SMILES string of the molecule is CCCCNC(=O)C(Cc1ccccc1)N(Cc1ccc(C)cc1)C(=O)COc1ccc(C(C)(C)C)cc1. The van der Waals surface area contributed by atoms with Gasteiger partial charge in [-0.25, -0.2) is 0 Å². The largest absolute Gasteiger partial charge is 0.484 e. The van der Waals surface area contributed by atoms with E-state index in [0.717, 1.165) is 29.5 Å². The summed E-state index contributed by atoms with van der Waals surface area (Å²) in [5.41, 5.74) is 4.35. The maximum absolute atomic E-state index is 13.7. The normalized spacial score (nSPS) is 12.0. The lowest BCUT2D eigenvalue weighted by Crippen LogP contribution is -2.51. The molecule has 0 bridgehead atoms. The first kappa shape index (κ1) is 29.0. The number of unbranched alkanes of at least 4 members (excludes halogenated alkanes) is 1. The molecule has 0 aliphatic carbocycles. The van der Waals surface area contributed by atoms with Gasteiger partial charge in [-0.05, 0) is 47.6 Å². The van der Waals surface area contributed by atoms with Crippen LogP contribution in [0.25, 0.3) is 0 Å². The molecule has 5 heteroatoms. The topological polar surface area (TPSA) is 58.6 Å². The summed E-state index contributed by atoms with van der Waals surface area (Å²) in [6.45, 7) is 11.4. The summed E-state index contributed by atoms with van der Waals surface area (Å²) < 4.78 is 5.93. The van der Waals surface area contributed by atoms with Gasteiger partial charge >= 0.3 is 0 Å². The first-order valence-electron chi connectivity index (χ1n) is 13.6. The third-order valence-electron chi connectivity index (χ3n) is 6.66. The van der Waals surface area contributed by atoms with Crippen LogP contribution in [-0.2, 0) is 28.0 Å². The summed E-state index contributed by atoms with van der Waals surface area (Å²) in [4.78, 5) is 28.8. The lowest BCUT2D eigenvalue weighted by Gasteiger charge is -2.31. The monoisotopic (exact) mass is 514 g/mol. The van der Waals surface area contributed by atoms with Crippen molar-refractivity contribution in [3.8, 4) is 5.75 Å². The molecule has 202 valence electrons. The summed E-state index contributed by atoms with van der Waals surface area (Å²) >= 11 is 0. The zero-order valence-electron chi connectivity index (χ0n) is 23.5. The molecule has 0 spiro atoms. The Balaban J connectivity index is 1.85. The molecule has 0 saturated heterocycles. The van der Waals surface area contributed by atoms with E-state index in [0.29, 0.717) is 25.3 Å². The average molecular weight is 515 g/mol. The highest BCUT2D eigenvalue weighted by atomic mass is 16.5. The molecule has 0 aromatic heterocycles. The van der Waals surface area contributed by atoms with Crippen molar-refractivity contribution in [3.63, 3.8) is 0 Å². The zero-order chi connectivity index (χ0) is 27.5. The molecule has 5 nitrogen and oxygen atoms in total. The van der Waals surface area contributed by atoms with E-state index in [4.69, 9.17) is 4.74 Å². The fraction of sp³-hybridized carbons (Fsp3) is 0.394. The van der Waals surface area contributed by atoms with Gasteiger partial charge in [0.1, 0.15) is 11.8 Å². The van der Waals surface area contributed by atoms with Crippen molar-refractivity contribution in [2.24, 2.45) is 0 Å². The van der Waals surface area contributed by atoms with Crippen LogP contribution in [0.1, 0.15) is 62.8 Å². The number of aryl methyl sites for hydroxylation is 1. The fourth-order valence-electron chi connectivity index (χ4n) is 4.23. The standard InChI is InChI=1S/C33H42N2O3/c1-6-7-21-34-32(37)30(22-26-11-9-8-10-12-26)35(23-27-15-13-25(2)14-16-27)31(36)24-38-29-19-17-28(18-20-29)33(3,4)5/h8-20,30H,6-7,21-24H2,1-5H3,(H,34,37). The second kappa shape index (κ2) is 13.8. The highest BCUT2D eigenvalue weighted by Gasteiger charge is 2.30. The molecule has 1 N–H and O–H groups in total. The molecule has 38 heavy (non-hydrogen) atoms. The van der Waals surface area contributed by atoms with Crippen molar-refractivity contribution in [3.05, 3.63) is 101 Å². The number of amides is 2. The molecule has 3 aromatic carbocycles. The van der Waals surface area contributed by atoms with Gasteiger partial charge < -0.3 is 15.0 Å². The molecule has 3 aromatic rings. The fourth-order valence-corrected chi connectivity index (χ4v) is 4.23. The van der Waals surface area contributed by atoms with E-state index < -0.39 is 6.04 Å². The van der Waals surface area contributed by atoms with Crippen molar-refractivity contribution in [1.29, 1.82) is 0 Å². The van der Waals surface area contributed by atoms with Crippen LogP contribution in [0, 0.1) is 6.92 Å². The number of nitrogens with one attached hydrogen (secondary N) is 1. The first-order chi connectivity index (χ1) is 18.2. The molecule has 0 fully saturated rings. The minimum absolute atomic E-state index is 0.0367. The second-order valence-electron chi connectivity index (χ2n) is 10.9. The minimum Gasteiger partial charge on any atom is -0.484 e. The van der Waals surface area contributed by atoms with Gasteiger partial charge in [0.05, 0.1) is 0 Å². The van der Waals surface area contributed by atoms with Gasteiger partial charge in [-0.1, -0.05) is 106 Å². The number of rotatable bonds is 12. The van der Waals surface area contributed by atoms with Crippen molar-refractivity contribution in [1.82, 2.24) is 10.2 Å². The molecular formula is C33H42N2O3. The Kier molecular flexibility index (Phi) is 10.5. The van der Waals surface area contributed by atoms with E-state index >= 15 is 0 Å². The Morgan fingerprint density at radius 1 is 0.895 bits per heavy atom. The minimum atomic E-state index is -0.657. The number of ether oxygens (including phenoxy) is 1. The third-order valence-corrected chi connectivity index (χ3v) is 6.66. The van der Waals surface area contributed by atoms with Gasteiger partial charge in [0.25, 0.3) is 5.91 Å². The van der Waals surface area contributed by atoms with Gasteiger partial charge in [0.2, 0.25) is 5.91 Å². The smallest absolute Gasteiger partial charge is 0.261 e. The van der Waals surface area contributed by atoms with E-state index in [-0.39, 0.29) is 23.8 Å². The summed E-state index contributed by atoms with van der Waals surface area (Å²) in [6, 6.07) is 25.1. The lowest BCUT2D eigenvalue weighted by molar-refractivity contribution is -0.142. The van der Waals surface area contributed by atoms with Gasteiger partial charge in [0, 0.05) is 19.5 Å². The van der Waals surface area contributed by atoms with E-state index in [1.807, 2.05) is 85.8 Å². The Morgan fingerprint density at radius 3 is 2.16 bits per heavy atom. The highest BCUT2D eigenvalue weighted by molar-refractivity contribution is 5.88. The molecule has 1 unspecified atom stereocenters. The van der Waals surface area contributed by atoms with Crippen LogP contribution >= 0.6 is 0 Å². The summed E-state index contributed by atoms with van der Waals surface area (Å²) in [5.74, 6) is 0.267. The quantitative estimate of drug-likeness (QED) is 0.292. The van der Waals surface area contributed by atoms with Crippen molar-refractivity contribution in [2.45, 2.75) is 71.9 Å². The highest BCUT2D eigenvalue weighted by Crippen LogP contribution is 2.24. The number of hydrogen-bond donors (Lipinski definition) is 1. The van der Waals surface area contributed by atoms with E-state index in [1.165, 1.54) is 5.56 Å². The van der Waals surface area contributed by atoms with Crippen LogP contribution in [0.5, 0.6) is 5.75 Å². The molecule has 3 rings (SSSR count). The van der Waals surface area contributed by atoms with Crippen LogP contribution in [0.2, 0.25) is 0 Å². The number of hydrogen-bond acceptors (Lipinski definition) is 3. The lowest BCUT2D eigenvalue weighted by atomic mass is 9.87. The van der Waals surface area contributed by atoms with Crippen LogP contribution in [0.4, 0.5) is 0 Å². The van der Waals surface area contributed by atoms with E-state index in [1.54, 1.807) is 4.90 Å². The maximum atomic E-state index is 13.7. The molecule has 0 radical (unpaired) electrons. The predicted octanol–water partition coefficient (Wildman–Crippen LogP) is 6.23. The number of nitrogens with zero attached hydrogens (tertiary/aromatic N) is 1. The van der Waals surface area contributed by atoms with Crippen molar-refractivity contribution < 1.29 is 14.3 Å². The Hall–Kier alpha value is -3.60. The van der Waals surface area contributed by atoms with Crippen LogP contribution in [0.3, 0.4) is 0 Å². The number of carbonyl (C=O) groups excluding carboxylic acids is 2. The summed E-state index contributed by atoms with van der Waals surface area (Å²) in [5, 5.41) is 3.05. The van der Waals surface area contributed by atoms with Crippen LogP contribution in [0.15, 0.2) is 78.9 Å². The van der Waals surface area contributed by atoms with Gasteiger partial charge in [-0.3, -0.25) is 9.59 Å². The van der Waals surface area contributed by atoms with Crippen molar-refractivity contribution in [2.75, 3.05) is 13.2 Å². The molecule has 0 saturated carbocycles. The molecule has 0 aliphatic heterocycles. The number of carbonyl (C=O) groups is 2. The molecule has 0 aliphatic rings. The Bertz CT molecular complexity index is 1150. The van der Waals surface area contributed by atoms with E-state index in [9.17, 15) is 9.59 Å². The van der Waals surface area contributed by atoms with Gasteiger partial charge in [-0.2, -0.15) is 0 Å². The summed E-state index contributed by atoms with van der Waals surface area (Å²) in [7, 11) is 0. The molecule has 2 amide bonds. The zero-order valence-corrected chi connectivity index (χ0v) is 23.5. The maximum Gasteiger partial charge on any atom is 0.261 e. The molecular weight excluding hydrogens is 472 g/mol.